The van der Waals surface area contributed by atoms with Gasteiger partial charge in [0, 0.05) is 36.9 Å². The van der Waals surface area contributed by atoms with E-state index in [1.165, 1.54) is 38.1 Å². The van der Waals surface area contributed by atoms with Crippen LogP contribution in [0.15, 0.2) is 71.1 Å². The van der Waals surface area contributed by atoms with E-state index in [0.717, 1.165) is 25.9 Å². The summed E-state index contributed by atoms with van der Waals surface area (Å²) in [4.78, 5) is 28.7. The van der Waals surface area contributed by atoms with Crippen molar-refractivity contribution < 1.29 is 33.8 Å². The van der Waals surface area contributed by atoms with Crippen LogP contribution in [0.25, 0.3) is 0 Å². The second kappa shape index (κ2) is 12.6. The number of piperazine rings is 1. The number of nitrogens with one attached hydrogen (secondary N) is 1. The van der Waals surface area contributed by atoms with Crippen LogP contribution in [0.3, 0.4) is 0 Å². The standard InChI is InChI=1S/C31H34FN3O6/c1-5-22-8-6-9-23(18-22)31(38)27(29(36)40-4)20(2)35(39)21(3)28(31)30(37)41-17-7-10-26-19-33-15-16-34(26)25-13-11-24(32)12-14-25/h1,6,8-9,11-14,18,26,33,38-39H,7,10,15-17,19H2,2-4H3. The minimum Gasteiger partial charge on any atom is -0.466 e. The number of anilines is 1. The van der Waals surface area contributed by atoms with Crippen molar-refractivity contribution in [1.29, 1.82) is 0 Å². The van der Waals surface area contributed by atoms with E-state index in [1.807, 2.05) is 0 Å². The van der Waals surface area contributed by atoms with E-state index in [4.69, 9.17) is 15.9 Å². The van der Waals surface area contributed by atoms with Gasteiger partial charge in [0.2, 0.25) is 0 Å². The molecule has 0 aliphatic carbocycles. The fourth-order valence-corrected chi connectivity index (χ4v) is 5.47. The van der Waals surface area contributed by atoms with Gasteiger partial charge in [0.1, 0.15) is 5.82 Å². The molecule has 10 heteroatoms. The van der Waals surface area contributed by atoms with E-state index in [9.17, 15) is 24.3 Å². The molecule has 2 aliphatic heterocycles. The summed E-state index contributed by atoms with van der Waals surface area (Å²) < 4.78 is 24.0. The first-order valence-electron chi connectivity index (χ1n) is 13.3. The van der Waals surface area contributed by atoms with Crippen molar-refractivity contribution in [2.24, 2.45) is 0 Å². The third kappa shape index (κ3) is 5.84. The average molecular weight is 564 g/mol. The first-order chi connectivity index (χ1) is 19.6. The molecule has 41 heavy (non-hydrogen) atoms. The summed E-state index contributed by atoms with van der Waals surface area (Å²) in [6.45, 7) is 5.15. The number of hydrogen-bond donors (Lipinski definition) is 3. The molecule has 1 saturated heterocycles. The van der Waals surface area contributed by atoms with Crippen LogP contribution < -0.4 is 10.2 Å². The van der Waals surface area contributed by atoms with Gasteiger partial charge in [0.05, 0.1) is 36.3 Å². The van der Waals surface area contributed by atoms with Crippen molar-refractivity contribution in [2.75, 3.05) is 38.3 Å². The number of nitrogens with zero attached hydrogens (tertiary/aromatic N) is 2. The van der Waals surface area contributed by atoms with Gasteiger partial charge in [-0.15, -0.1) is 6.42 Å². The molecule has 1 fully saturated rings. The fourth-order valence-electron chi connectivity index (χ4n) is 5.47. The first kappa shape index (κ1) is 29.8. The summed E-state index contributed by atoms with van der Waals surface area (Å²) in [5.41, 5.74) is -1.51. The van der Waals surface area contributed by atoms with E-state index in [-0.39, 0.29) is 46.6 Å². The number of ether oxygens (including phenoxy) is 2. The van der Waals surface area contributed by atoms with Crippen LogP contribution in [0.5, 0.6) is 0 Å². The Morgan fingerprint density at radius 2 is 1.83 bits per heavy atom. The van der Waals surface area contributed by atoms with E-state index < -0.39 is 17.5 Å². The number of terminal acetylenes is 1. The number of carbonyl (C=O) groups excluding carboxylic acids is 2. The molecular weight excluding hydrogens is 529 g/mol. The highest BCUT2D eigenvalue weighted by molar-refractivity contribution is 6.01. The van der Waals surface area contributed by atoms with Crippen LogP contribution in [0, 0.1) is 18.2 Å². The van der Waals surface area contributed by atoms with Gasteiger partial charge in [-0.2, -0.15) is 0 Å². The lowest BCUT2D eigenvalue weighted by molar-refractivity contribution is -0.145. The number of allylic oxidation sites excluding steroid dienone is 2. The molecule has 2 aromatic rings. The second-order valence-electron chi connectivity index (χ2n) is 9.97. The molecule has 2 unspecified atom stereocenters. The van der Waals surface area contributed by atoms with E-state index >= 15 is 0 Å². The normalized spacial score (nSPS) is 21.0. The first-order valence-corrected chi connectivity index (χ1v) is 13.3. The summed E-state index contributed by atoms with van der Waals surface area (Å²) in [6, 6.07) is 12.7. The number of benzene rings is 2. The molecular formula is C31H34FN3O6. The predicted molar refractivity (Wildman–Crippen MR) is 150 cm³/mol. The smallest absolute Gasteiger partial charge is 0.339 e. The van der Waals surface area contributed by atoms with Crippen molar-refractivity contribution in [3.63, 3.8) is 0 Å². The average Bonchev–Trinajstić information content (AvgIpc) is 2.99. The zero-order valence-electron chi connectivity index (χ0n) is 23.3. The van der Waals surface area contributed by atoms with Gasteiger partial charge in [0.15, 0.2) is 5.60 Å². The Hall–Kier alpha value is -4.17. The maximum Gasteiger partial charge on any atom is 0.339 e. The number of hydroxylamine groups is 2. The largest absolute Gasteiger partial charge is 0.466 e. The van der Waals surface area contributed by atoms with E-state index in [2.05, 4.69) is 16.1 Å². The quantitative estimate of drug-likeness (QED) is 0.253. The van der Waals surface area contributed by atoms with Crippen LogP contribution in [0.2, 0.25) is 0 Å². The lowest BCUT2D eigenvalue weighted by Crippen LogP contribution is -2.51. The number of aliphatic hydroxyl groups is 1. The van der Waals surface area contributed by atoms with Crippen molar-refractivity contribution in [2.45, 2.75) is 38.3 Å². The van der Waals surface area contributed by atoms with Gasteiger partial charge < -0.3 is 24.8 Å². The number of hydrogen-bond acceptors (Lipinski definition) is 9. The Labute approximate surface area is 238 Å². The molecule has 2 heterocycles. The molecule has 0 bridgehead atoms. The molecule has 9 nitrogen and oxygen atoms in total. The molecule has 3 N–H and O–H groups in total. The van der Waals surface area contributed by atoms with Crippen molar-refractivity contribution in [3.8, 4) is 12.3 Å². The van der Waals surface area contributed by atoms with Gasteiger partial charge in [-0.25, -0.2) is 19.0 Å². The van der Waals surface area contributed by atoms with Gasteiger partial charge >= 0.3 is 11.9 Å². The summed E-state index contributed by atoms with van der Waals surface area (Å²) in [6.07, 6.45) is 6.73. The van der Waals surface area contributed by atoms with Crippen molar-refractivity contribution >= 4 is 17.6 Å². The number of esters is 2. The maximum absolute atomic E-state index is 13.6. The zero-order chi connectivity index (χ0) is 29.7. The van der Waals surface area contributed by atoms with Crippen LogP contribution in [-0.4, -0.2) is 66.7 Å². The number of methoxy groups -OCH3 is 1. The minimum atomic E-state index is -2.31. The third-order valence-corrected chi connectivity index (χ3v) is 7.55. The number of rotatable bonds is 8. The van der Waals surface area contributed by atoms with E-state index in [0.29, 0.717) is 30.0 Å². The summed E-state index contributed by atoms with van der Waals surface area (Å²) >= 11 is 0. The Morgan fingerprint density at radius 3 is 2.49 bits per heavy atom. The van der Waals surface area contributed by atoms with Crippen LogP contribution >= 0.6 is 0 Å². The van der Waals surface area contributed by atoms with Crippen LogP contribution in [0.4, 0.5) is 10.1 Å². The van der Waals surface area contributed by atoms with E-state index in [1.54, 1.807) is 24.3 Å². The molecule has 0 radical (unpaired) electrons. The monoisotopic (exact) mass is 563 g/mol. The highest BCUT2D eigenvalue weighted by Crippen LogP contribution is 2.45. The van der Waals surface area contributed by atoms with Gasteiger partial charge in [-0.3, -0.25) is 5.21 Å². The molecule has 4 rings (SSSR count). The topological polar surface area (TPSA) is 112 Å². The highest BCUT2D eigenvalue weighted by Gasteiger charge is 2.52. The minimum absolute atomic E-state index is 0.00673. The Bertz CT molecular complexity index is 1410. The lowest BCUT2D eigenvalue weighted by atomic mass is 9.75. The van der Waals surface area contributed by atoms with Gasteiger partial charge in [0.25, 0.3) is 0 Å². The maximum atomic E-state index is 13.6. The predicted octanol–water partition coefficient (Wildman–Crippen LogP) is 3.22. The molecule has 0 saturated carbocycles. The SMILES string of the molecule is C#Cc1cccc(C2(O)C(C(=O)OC)=C(C)N(O)C(C)=C2C(=O)OCCCC2CNCCN2c2ccc(F)cc2)c1. The van der Waals surface area contributed by atoms with Crippen molar-refractivity contribution in [1.82, 2.24) is 10.4 Å². The second-order valence-corrected chi connectivity index (χ2v) is 9.97. The summed E-state index contributed by atoms with van der Waals surface area (Å²) in [5, 5.41) is 27.0. The summed E-state index contributed by atoms with van der Waals surface area (Å²) in [7, 11) is 1.14. The number of carbonyl (C=O) groups is 2. The Balaban J connectivity index is 1.56. The molecule has 2 atom stereocenters. The fraction of sp³-hybridized carbons (Fsp3) is 0.355. The zero-order valence-corrected chi connectivity index (χ0v) is 23.3. The van der Waals surface area contributed by atoms with Crippen LogP contribution in [0.1, 0.15) is 37.8 Å². The molecule has 2 aliphatic rings. The Kier molecular flexibility index (Phi) is 9.13. The van der Waals surface area contributed by atoms with Gasteiger partial charge in [-0.05, 0) is 68.7 Å². The number of halogens is 1. The van der Waals surface area contributed by atoms with Crippen molar-refractivity contribution in [3.05, 3.63) is 88.0 Å². The summed E-state index contributed by atoms with van der Waals surface area (Å²) in [5.74, 6) is 0.353. The molecule has 0 aromatic heterocycles. The Morgan fingerprint density at radius 1 is 1.15 bits per heavy atom. The lowest BCUT2D eigenvalue weighted by Gasteiger charge is -2.40. The molecule has 0 spiro atoms. The third-order valence-electron chi connectivity index (χ3n) is 7.55. The molecule has 0 amide bonds. The molecule has 216 valence electrons. The molecule has 2 aromatic carbocycles. The van der Waals surface area contributed by atoms with Crippen LogP contribution in [-0.2, 0) is 24.7 Å². The van der Waals surface area contributed by atoms with Gasteiger partial charge in [-0.1, -0.05) is 18.1 Å². The highest BCUT2D eigenvalue weighted by atomic mass is 19.1.